The van der Waals surface area contributed by atoms with E-state index in [1.54, 1.807) is 35.1 Å². The quantitative estimate of drug-likeness (QED) is 0.137. The Morgan fingerprint density at radius 2 is 1.92 bits per heavy atom. The van der Waals surface area contributed by atoms with Gasteiger partial charge in [-0.15, -0.1) is 22.7 Å². The van der Waals surface area contributed by atoms with Gasteiger partial charge in [0, 0.05) is 52.3 Å². The summed E-state index contributed by atoms with van der Waals surface area (Å²) in [4.78, 5) is 20.1. The molecule has 0 aromatic carbocycles. The van der Waals surface area contributed by atoms with Crippen molar-refractivity contribution in [1.82, 2.24) is 9.97 Å². The Morgan fingerprint density at radius 3 is 2.56 bits per heavy atom. The van der Waals surface area contributed by atoms with Crippen molar-refractivity contribution in [2.75, 3.05) is 5.32 Å². The van der Waals surface area contributed by atoms with Gasteiger partial charge in [0.2, 0.25) is 0 Å². The van der Waals surface area contributed by atoms with Crippen LogP contribution in [0.25, 0.3) is 10.2 Å². The summed E-state index contributed by atoms with van der Waals surface area (Å²) < 4.78 is 32.8. The molecule has 4 aromatic heterocycles. The van der Waals surface area contributed by atoms with Crippen LogP contribution in [0.5, 0.6) is 0 Å². The minimum Gasteiger partial charge on any atom is -0.475 e. The van der Waals surface area contributed by atoms with E-state index in [0.717, 1.165) is 46.4 Å². The maximum atomic E-state index is 10.6. The molecule has 4 heterocycles. The summed E-state index contributed by atoms with van der Waals surface area (Å²) in [5.74, 6) is 4.14. The average Bonchev–Trinajstić information content (AvgIpc) is 3.55. The molecule has 202 valence electrons. The van der Waals surface area contributed by atoms with E-state index < -0.39 is 12.1 Å². The van der Waals surface area contributed by atoms with Gasteiger partial charge >= 0.3 is 12.1 Å². The van der Waals surface area contributed by atoms with Gasteiger partial charge in [-0.05, 0) is 36.4 Å². The highest BCUT2D eigenvalue weighted by atomic mass is 35.5. The number of carbonyl (C=O) groups is 1. The zero-order chi connectivity index (χ0) is 28.0. The van der Waals surface area contributed by atoms with Crippen LogP contribution in [0.1, 0.15) is 39.6 Å². The Morgan fingerprint density at radius 1 is 1.21 bits per heavy atom. The molecular weight excluding hydrogens is 569 g/mol. The van der Waals surface area contributed by atoms with E-state index in [1.165, 1.54) is 9.75 Å². The highest BCUT2D eigenvalue weighted by Gasteiger charge is 2.38. The van der Waals surface area contributed by atoms with Crippen LogP contribution >= 0.6 is 34.3 Å². The number of anilines is 1. The van der Waals surface area contributed by atoms with E-state index in [2.05, 4.69) is 51.8 Å². The number of rotatable bonds is 4. The average molecular weight is 591 g/mol. The van der Waals surface area contributed by atoms with Crippen LogP contribution in [-0.2, 0) is 11.3 Å². The summed E-state index contributed by atoms with van der Waals surface area (Å²) in [7, 11) is 0. The second kappa shape index (κ2) is 12.6. The van der Waals surface area contributed by atoms with Crippen LogP contribution in [-0.4, -0.2) is 33.3 Å². The second-order valence-corrected chi connectivity index (χ2v) is 10.9. The largest absolute Gasteiger partial charge is 0.490 e. The fourth-order valence-electron chi connectivity index (χ4n) is 3.87. The minimum absolute atomic E-state index is 0.0625. The molecule has 1 aliphatic rings. The van der Waals surface area contributed by atoms with Gasteiger partial charge < -0.3 is 16.2 Å². The molecule has 0 radical (unpaired) electrons. The minimum atomic E-state index is -5.08. The number of hydrogen-bond donors (Lipinski definition) is 3. The van der Waals surface area contributed by atoms with E-state index in [0.29, 0.717) is 5.15 Å². The number of halogens is 4. The van der Waals surface area contributed by atoms with Crippen LogP contribution in [0.4, 0.5) is 18.9 Å². The third-order valence-corrected chi connectivity index (χ3v) is 8.16. The van der Waals surface area contributed by atoms with Gasteiger partial charge in [0.05, 0.1) is 16.0 Å². The molecule has 0 bridgehead atoms. The van der Waals surface area contributed by atoms with Crippen LogP contribution in [0.15, 0.2) is 60.3 Å². The Hall–Kier alpha value is -3.43. The van der Waals surface area contributed by atoms with E-state index in [1.807, 2.05) is 18.2 Å². The number of alkyl halides is 3. The zero-order valence-corrected chi connectivity index (χ0v) is 22.6. The summed E-state index contributed by atoms with van der Waals surface area (Å²) >= 11 is 9.92. The Bertz CT molecular complexity index is 1530. The molecule has 4 aromatic rings. The highest BCUT2D eigenvalue weighted by Crippen LogP contribution is 2.43. The molecule has 6 nitrogen and oxygen atoms in total. The summed E-state index contributed by atoms with van der Waals surface area (Å²) in [5.41, 5.74) is 10.2. The monoisotopic (exact) mass is 590 g/mol. The first-order chi connectivity index (χ1) is 18.6. The molecule has 12 heteroatoms. The summed E-state index contributed by atoms with van der Waals surface area (Å²) in [5, 5.41) is 13.2. The number of thiophene rings is 2. The van der Waals surface area contributed by atoms with Crippen molar-refractivity contribution in [2.24, 2.45) is 5.73 Å². The molecular formula is C27H22ClF3N4O2S2. The van der Waals surface area contributed by atoms with E-state index >= 15 is 0 Å². The number of hydrogen-bond acceptors (Lipinski definition) is 7. The topological polar surface area (TPSA) is 101 Å². The van der Waals surface area contributed by atoms with Crippen molar-refractivity contribution < 1.29 is 23.1 Å². The Balaban J connectivity index is 0.000000448. The molecule has 1 aliphatic carbocycles. The first kappa shape index (κ1) is 28.6. The van der Waals surface area contributed by atoms with Crippen molar-refractivity contribution in [3.05, 3.63) is 86.3 Å². The van der Waals surface area contributed by atoms with Crippen molar-refractivity contribution in [3.8, 4) is 11.8 Å². The van der Waals surface area contributed by atoms with Crippen LogP contribution in [0.3, 0.4) is 0 Å². The number of nitrogens with one attached hydrogen (secondary N) is 1. The van der Waals surface area contributed by atoms with Gasteiger partial charge in [-0.3, -0.25) is 4.98 Å². The number of carboxylic acid groups (broad SMARTS) is 1. The molecule has 0 saturated carbocycles. The number of allylic oxidation sites excluding steroid dienone is 1. The third-order valence-electron chi connectivity index (χ3n) is 5.74. The fraction of sp³-hybridized carbons (Fsp3) is 0.222. The van der Waals surface area contributed by atoms with Gasteiger partial charge in [0.25, 0.3) is 0 Å². The van der Waals surface area contributed by atoms with Gasteiger partial charge in [-0.25, -0.2) is 9.78 Å². The number of nitrogens with two attached hydrogens (primary N) is 1. The third kappa shape index (κ3) is 7.36. The predicted octanol–water partition coefficient (Wildman–Crippen LogP) is 6.81. The molecule has 0 fully saturated rings. The molecule has 4 N–H and O–H groups in total. The lowest BCUT2D eigenvalue weighted by molar-refractivity contribution is -0.192. The number of pyridine rings is 2. The first-order valence-corrected chi connectivity index (χ1v) is 13.7. The van der Waals surface area contributed by atoms with Crippen LogP contribution < -0.4 is 11.1 Å². The number of nitrogens with zero attached hydrogens (tertiary/aromatic N) is 2. The van der Waals surface area contributed by atoms with Gasteiger partial charge in [0.15, 0.2) is 0 Å². The molecule has 0 amide bonds. The normalized spacial score (nSPS) is 16.6. The van der Waals surface area contributed by atoms with E-state index in [9.17, 15) is 13.2 Å². The number of fused-ring (bicyclic) bond motifs is 1. The molecule has 0 saturated heterocycles. The summed E-state index contributed by atoms with van der Waals surface area (Å²) in [6.45, 7) is 0.740. The molecule has 39 heavy (non-hydrogen) atoms. The summed E-state index contributed by atoms with van der Waals surface area (Å²) in [6.07, 6.45) is 4.58. The molecule has 5 rings (SSSR count). The first-order valence-electron chi connectivity index (χ1n) is 11.7. The molecule has 0 unspecified atom stereocenters. The zero-order valence-electron chi connectivity index (χ0n) is 20.2. The lowest BCUT2D eigenvalue weighted by atomic mass is 9.87. The van der Waals surface area contributed by atoms with Crippen molar-refractivity contribution >= 4 is 56.1 Å². The lowest BCUT2D eigenvalue weighted by Crippen LogP contribution is -2.29. The maximum Gasteiger partial charge on any atom is 0.490 e. The van der Waals surface area contributed by atoms with E-state index in [4.69, 9.17) is 32.2 Å². The second-order valence-electron chi connectivity index (χ2n) is 8.45. The smallest absolute Gasteiger partial charge is 0.475 e. The van der Waals surface area contributed by atoms with Crippen molar-refractivity contribution in [1.29, 1.82) is 0 Å². The Kier molecular flexibility index (Phi) is 9.24. The number of carboxylic acids is 1. The SMILES string of the molecule is N[C@H]1CC=CC[C@@H]1c1sc2c(NCc3cccs3)cc(Cl)nc2c1C#Cc1ccncc1.O=C(O)C(F)(F)F. The van der Waals surface area contributed by atoms with Crippen molar-refractivity contribution in [2.45, 2.75) is 37.5 Å². The van der Waals surface area contributed by atoms with E-state index in [-0.39, 0.29) is 12.0 Å². The van der Waals surface area contributed by atoms with Crippen molar-refractivity contribution in [3.63, 3.8) is 0 Å². The maximum absolute atomic E-state index is 10.6. The number of aliphatic carboxylic acids is 1. The lowest BCUT2D eigenvalue weighted by Gasteiger charge is -2.24. The molecule has 0 aliphatic heterocycles. The van der Waals surface area contributed by atoms with Crippen LogP contribution in [0.2, 0.25) is 5.15 Å². The van der Waals surface area contributed by atoms with Crippen LogP contribution in [0, 0.1) is 11.8 Å². The standard InChI is InChI=1S/C25H21ClN4S2.C2HF3O2/c26-22-14-21(29-15-17-4-3-13-31-17)25-23(30-22)19(8-7-16-9-11-28-12-10-16)24(32-25)18-5-1-2-6-20(18)27;3-2(4,5)1(6)7/h1-4,9-14,18,20H,5-6,15,27H2,(H,29,30);(H,6,7)/t18-,20-;/m0./s1. The highest BCUT2D eigenvalue weighted by molar-refractivity contribution is 7.20. The molecule has 0 spiro atoms. The van der Waals surface area contributed by atoms with Gasteiger partial charge in [-0.2, -0.15) is 13.2 Å². The summed E-state index contributed by atoms with van der Waals surface area (Å²) in [6, 6.07) is 9.96. The number of aromatic nitrogens is 2. The predicted molar refractivity (Wildman–Crippen MR) is 149 cm³/mol. The molecule has 2 atom stereocenters. The van der Waals surface area contributed by atoms with Gasteiger partial charge in [-0.1, -0.05) is 41.7 Å². The van der Waals surface area contributed by atoms with Gasteiger partial charge in [0.1, 0.15) is 10.7 Å². The Labute approximate surface area is 235 Å². The fourth-order valence-corrected chi connectivity index (χ4v) is 6.08.